The van der Waals surface area contributed by atoms with Gasteiger partial charge in [0.05, 0.1) is 5.52 Å². The summed E-state index contributed by atoms with van der Waals surface area (Å²) in [5, 5.41) is 3.33. The molecule has 2 aromatic heterocycles. The molecule has 0 saturated heterocycles. The number of pyridine rings is 2. The highest BCUT2D eigenvalue weighted by Gasteiger charge is 1.99. The van der Waals surface area contributed by atoms with Crippen LogP contribution in [0.5, 0.6) is 0 Å². The smallest absolute Gasteiger partial charge is 0.0715 e. The molecule has 14 heavy (non-hydrogen) atoms. The van der Waals surface area contributed by atoms with Crippen LogP contribution in [0.3, 0.4) is 0 Å². The van der Waals surface area contributed by atoms with Crippen molar-refractivity contribution in [3.63, 3.8) is 0 Å². The fourth-order valence-corrected chi connectivity index (χ4v) is 1.64. The molecule has 2 heteroatoms. The summed E-state index contributed by atoms with van der Waals surface area (Å²) in [4.78, 5) is 8.39. The summed E-state index contributed by atoms with van der Waals surface area (Å²) in [6.07, 6.45) is 5.43. The van der Waals surface area contributed by atoms with Crippen molar-refractivity contribution in [1.82, 2.24) is 9.97 Å². The zero-order chi connectivity index (χ0) is 9.38. The van der Waals surface area contributed by atoms with E-state index in [4.69, 9.17) is 0 Å². The van der Waals surface area contributed by atoms with Crippen LogP contribution in [0.15, 0.2) is 42.9 Å². The zero-order valence-corrected chi connectivity index (χ0v) is 7.44. The molecule has 0 saturated carbocycles. The van der Waals surface area contributed by atoms with E-state index >= 15 is 0 Å². The second-order valence-electron chi connectivity index (χ2n) is 3.15. The lowest BCUT2D eigenvalue weighted by atomic mass is 10.1. The molecule has 3 rings (SSSR count). The Bertz CT molecular complexity index is 547. The minimum absolute atomic E-state index is 0.966. The van der Waals surface area contributed by atoms with E-state index in [0.717, 1.165) is 21.7 Å². The van der Waals surface area contributed by atoms with Gasteiger partial charge in [-0.05, 0) is 29.7 Å². The van der Waals surface area contributed by atoms with Gasteiger partial charge in [-0.2, -0.15) is 0 Å². The molecule has 2 nitrogen and oxygen atoms in total. The quantitative estimate of drug-likeness (QED) is 0.496. The van der Waals surface area contributed by atoms with Crippen LogP contribution in [0.2, 0.25) is 0 Å². The number of benzene rings is 1. The molecule has 1 radical (unpaired) electrons. The molecule has 0 unspecified atom stereocenters. The predicted octanol–water partition coefficient (Wildman–Crippen LogP) is 2.58. The largest absolute Gasteiger partial charge is 0.264 e. The van der Waals surface area contributed by atoms with Gasteiger partial charge in [-0.25, -0.2) is 0 Å². The lowest BCUT2D eigenvalue weighted by molar-refractivity contribution is 1.36. The predicted molar refractivity (Wildman–Crippen MR) is 55.9 cm³/mol. The molecule has 0 bridgehead atoms. The molecule has 0 spiro atoms. The summed E-state index contributed by atoms with van der Waals surface area (Å²) in [7, 11) is 0. The van der Waals surface area contributed by atoms with Gasteiger partial charge in [0.25, 0.3) is 0 Å². The minimum Gasteiger partial charge on any atom is -0.264 e. The Morgan fingerprint density at radius 1 is 1.07 bits per heavy atom. The summed E-state index contributed by atoms with van der Waals surface area (Å²) >= 11 is 0. The van der Waals surface area contributed by atoms with Crippen LogP contribution in [0, 0.1) is 6.07 Å². The first kappa shape index (κ1) is 7.44. The van der Waals surface area contributed by atoms with Gasteiger partial charge in [-0.3, -0.25) is 9.97 Å². The molecule has 0 aliphatic rings. The van der Waals surface area contributed by atoms with Crippen molar-refractivity contribution in [2.24, 2.45) is 0 Å². The minimum atomic E-state index is 0.966. The fourth-order valence-electron chi connectivity index (χ4n) is 1.64. The average Bonchev–Trinajstić information content (AvgIpc) is 2.29. The SMILES string of the molecule is [c]1cc2ncccc2c2cnccc12. The van der Waals surface area contributed by atoms with Gasteiger partial charge in [0.1, 0.15) is 0 Å². The molecule has 0 fully saturated rings. The molecular formula is C12H7N2. The van der Waals surface area contributed by atoms with Gasteiger partial charge in [0, 0.05) is 29.4 Å². The Morgan fingerprint density at radius 3 is 3.07 bits per heavy atom. The maximum absolute atomic E-state index is 4.27. The molecule has 0 N–H and O–H groups in total. The van der Waals surface area contributed by atoms with E-state index in [1.165, 1.54) is 0 Å². The van der Waals surface area contributed by atoms with E-state index in [1.807, 2.05) is 24.4 Å². The van der Waals surface area contributed by atoms with Crippen molar-refractivity contribution in [2.45, 2.75) is 0 Å². The van der Waals surface area contributed by atoms with Crippen LogP contribution in [0.1, 0.15) is 0 Å². The van der Waals surface area contributed by atoms with E-state index < -0.39 is 0 Å². The molecule has 0 aliphatic heterocycles. The highest BCUT2D eigenvalue weighted by molar-refractivity contribution is 6.05. The first-order valence-corrected chi connectivity index (χ1v) is 4.44. The summed E-state index contributed by atoms with van der Waals surface area (Å²) in [6.45, 7) is 0. The highest BCUT2D eigenvalue weighted by atomic mass is 14.6. The van der Waals surface area contributed by atoms with Gasteiger partial charge in [0.15, 0.2) is 0 Å². The monoisotopic (exact) mass is 179 g/mol. The number of hydrogen-bond donors (Lipinski definition) is 0. The lowest BCUT2D eigenvalue weighted by Crippen LogP contribution is -1.81. The van der Waals surface area contributed by atoms with E-state index in [-0.39, 0.29) is 0 Å². The van der Waals surface area contributed by atoms with Crippen molar-refractivity contribution in [1.29, 1.82) is 0 Å². The van der Waals surface area contributed by atoms with Gasteiger partial charge in [0.2, 0.25) is 0 Å². The van der Waals surface area contributed by atoms with Crippen LogP contribution in [-0.4, -0.2) is 9.97 Å². The molecule has 2 heterocycles. The van der Waals surface area contributed by atoms with E-state index in [2.05, 4.69) is 22.1 Å². The zero-order valence-electron chi connectivity index (χ0n) is 7.44. The van der Waals surface area contributed by atoms with Crippen LogP contribution in [-0.2, 0) is 0 Å². The highest BCUT2D eigenvalue weighted by Crippen LogP contribution is 2.21. The van der Waals surface area contributed by atoms with Crippen molar-refractivity contribution in [2.75, 3.05) is 0 Å². The third-order valence-electron chi connectivity index (χ3n) is 2.31. The number of fused-ring (bicyclic) bond motifs is 3. The standard InChI is InChI=1S/C12H7N2/c1-2-10-11-8-13-7-5-9(11)3-4-12(10)14-6-1/h1-2,4-8H. The van der Waals surface area contributed by atoms with Gasteiger partial charge < -0.3 is 0 Å². The van der Waals surface area contributed by atoms with E-state index in [0.29, 0.717) is 0 Å². The summed E-state index contributed by atoms with van der Waals surface area (Å²) in [5.74, 6) is 0. The number of aromatic nitrogens is 2. The second-order valence-corrected chi connectivity index (χ2v) is 3.15. The second kappa shape index (κ2) is 2.77. The Morgan fingerprint density at radius 2 is 2.07 bits per heavy atom. The van der Waals surface area contributed by atoms with Gasteiger partial charge >= 0.3 is 0 Å². The summed E-state index contributed by atoms with van der Waals surface area (Å²) in [5.41, 5.74) is 0.966. The van der Waals surface area contributed by atoms with E-state index in [1.54, 1.807) is 12.4 Å². The molecule has 65 valence electrons. The Kier molecular flexibility index (Phi) is 1.47. The maximum atomic E-state index is 4.27. The third-order valence-corrected chi connectivity index (χ3v) is 2.31. The number of rotatable bonds is 0. The number of hydrogen-bond acceptors (Lipinski definition) is 2. The molecule has 0 amide bonds. The maximum Gasteiger partial charge on any atom is 0.0715 e. The fraction of sp³-hybridized carbons (Fsp3) is 0. The van der Waals surface area contributed by atoms with Crippen molar-refractivity contribution in [3.8, 4) is 0 Å². The average molecular weight is 179 g/mol. The van der Waals surface area contributed by atoms with Crippen molar-refractivity contribution >= 4 is 21.7 Å². The van der Waals surface area contributed by atoms with Crippen LogP contribution < -0.4 is 0 Å². The van der Waals surface area contributed by atoms with Gasteiger partial charge in [-0.15, -0.1) is 0 Å². The van der Waals surface area contributed by atoms with E-state index in [9.17, 15) is 0 Å². The molecule has 1 aromatic carbocycles. The van der Waals surface area contributed by atoms with Crippen molar-refractivity contribution < 1.29 is 0 Å². The number of nitrogens with zero attached hydrogens (tertiary/aromatic N) is 2. The summed E-state index contributed by atoms with van der Waals surface area (Å²) in [6, 6.07) is 11.1. The molecule has 3 aromatic rings. The summed E-state index contributed by atoms with van der Waals surface area (Å²) < 4.78 is 0. The molecular weight excluding hydrogens is 172 g/mol. The Hall–Kier alpha value is -1.96. The van der Waals surface area contributed by atoms with Crippen LogP contribution >= 0.6 is 0 Å². The topological polar surface area (TPSA) is 25.8 Å². The lowest BCUT2D eigenvalue weighted by Gasteiger charge is -2.00. The third kappa shape index (κ3) is 0.973. The first-order valence-electron chi connectivity index (χ1n) is 4.44. The normalized spacial score (nSPS) is 10.9. The van der Waals surface area contributed by atoms with Gasteiger partial charge in [-0.1, -0.05) is 6.07 Å². The van der Waals surface area contributed by atoms with Crippen LogP contribution in [0.4, 0.5) is 0 Å². The molecule has 0 aliphatic carbocycles. The Labute approximate surface area is 81.2 Å². The van der Waals surface area contributed by atoms with Crippen molar-refractivity contribution in [3.05, 3.63) is 48.9 Å². The molecule has 0 atom stereocenters. The Balaban J connectivity index is 2.61. The first-order chi connectivity index (χ1) is 6.95. The van der Waals surface area contributed by atoms with Crippen LogP contribution in [0.25, 0.3) is 21.7 Å².